The molecular formula is C21H22N2O7S. The van der Waals surface area contributed by atoms with Gasteiger partial charge in [0.2, 0.25) is 0 Å². The second-order valence-corrected chi connectivity index (χ2v) is 8.95. The molecule has 0 atom stereocenters. The van der Waals surface area contributed by atoms with Crippen molar-refractivity contribution in [3.63, 3.8) is 0 Å². The topological polar surface area (TPSA) is 120 Å². The van der Waals surface area contributed by atoms with E-state index in [9.17, 15) is 18.0 Å². The van der Waals surface area contributed by atoms with Crippen LogP contribution in [0.2, 0.25) is 0 Å². The van der Waals surface area contributed by atoms with Crippen LogP contribution in [0, 0.1) is 5.92 Å². The summed E-state index contributed by atoms with van der Waals surface area (Å²) >= 11 is 0. The average Bonchev–Trinajstić information content (AvgIpc) is 3.60. The largest absolute Gasteiger partial charge is 0.486 e. The highest BCUT2D eigenvalue weighted by Crippen LogP contribution is 2.33. The average molecular weight is 446 g/mol. The number of esters is 1. The summed E-state index contributed by atoms with van der Waals surface area (Å²) in [5, 5.41) is 2.46. The van der Waals surface area contributed by atoms with E-state index in [-0.39, 0.29) is 22.7 Å². The van der Waals surface area contributed by atoms with Gasteiger partial charge in [-0.3, -0.25) is 14.3 Å². The first-order valence-electron chi connectivity index (χ1n) is 9.88. The highest BCUT2D eigenvalue weighted by molar-refractivity contribution is 7.92. The number of para-hydroxylation sites is 1. The van der Waals surface area contributed by atoms with E-state index in [1.165, 1.54) is 30.3 Å². The van der Waals surface area contributed by atoms with Crippen molar-refractivity contribution in [3.05, 3.63) is 48.0 Å². The molecule has 0 radical (unpaired) electrons. The van der Waals surface area contributed by atoms with Gasteiger partial charge >= 0.3 is 5.97 Å². The highest BCUT2D eigenvalue weighted by atomic mass is 32.2. The minimum absolute atomic E-state index is 0.0318. The van der Waals surface area contributed by atoms with Crippen molar-refractivity contribution in [3.8, 4) is 11.5 Å². The number of rotatable bonds is 8. The molecule has 10 heteroatoms. The third kappa shape index (κ3) is 5.26. The van der Waals surface area contributed by atoms with E-state index in [2.05, 4.69) is 10.0 Å². The number of fused-ring (bicyclic) bond motifs is 1. The van der Waals surface area contributed by atoms with E-state index in [0.717, 1.165) is 12.8 Å². The first-order valence-corrected chi connectivity index (χ1v) is 11.4. The lowest BCUT2D eigenvalue weighted by Gasteiger charge is -2.19. The summed E-state index contributed by atoms with van der Waals surface area (Å²) in [5.74, 6) is 0.109. The van der Waals surface area contributed by atoms with E-state index in [4.69, 9.17) is 14.2 Å². The summed E-state index contributed by atoms with van der Waals surface area (Å²) in [6.45, 7) is 0.791. The number of ether oxygens (including phenoxy) is 3. The van der Waals surface area contributed by atoms with E-state index in [1.807, 2.05) is 0 Å². The lowest BCUT2D eigenvalue weighted by molar-refractivity contribution is -0.142. The maximum absolute atomic E-state index is 12.9. The molecule has 0 spiro atoms. The van der Waals surface area contributed by atoms with Gasteiger partial charge in [0.25, 0.3) is 15.9 Å². The Bertz CT molecular complexity index is 1100. The normalized spacial score (nSPS) is 15.1. The number of carbonyl (C=O) groups is 2. The van der Waals surface area contributed by atoms with Crippen LogP contribution in [0.1, 0.15) is 23.2 Å². The second-order valence-electron chi connectivity index (χ2n) is 7.27. The molecule has 4 rings (SSSR count). The molecule has 164 valence electrons. The molecule has 1 saturated carbocycles. The minimum Gasteiger partial charge on any atom is -0.486 e. The molecule has 9 nitrogen and oxygen atoms in total. The van der Waals surface area contributed by atoms with Crippen molar-refractivity contribution in [1.82, 2.24) is 5.32 Å². The first kappa shape index (κ1) is 21.0. The van der Waals surface area contributed by atoms with Gasteiger partial charge < -0.3 is 19.5 Å². The fourth-order valence-corrected chi connectivity index (χ4v) is 4.05. The number of anilines is 1. The molecule has 1 aliphatic heterocycles. The molecule has 0 aromatic heterocycles. The molecular weight excluding hydrogens is 424 g/mol. The van der Waals surface area contributed by atoms with Crippen molar-refractivity contribution in [2.45, 2.75) is 17.7 Å². The Labute approximate surface area is 179 Å². The van der Waals surface area contributed by atoms with E-state index >= 15 is 0 Å². The Morgan fingerprint density at radius 3 is 2.55 bits per heavy atom. The first-order chi connectivity index (χ1) is 14.9. The monoisotopic (exact) mass is 446 g/mol. The van der Waals surface area contributed by atoms with E-state index in [0.29, 0.717) is 37.2 Å². The van der Waals surface area contributed by atoms with Crippen LogP contribution in [0.15, 0.2) is 47.4 Å². The Morgan fingerprint density at radius 1 is 1.03 bits per heavy atom. The SMILES string of the molecule is O=C(CNC(=O)c1ccccc1NS(=O)(=O)c1ccc2c(c1)OCCO2)OCC1CC1. The van der Waals surface area contributed by atoms with Gasteiger partial charge in [-0.05, 0) is 43.0 Å². The van der Waals surface area contributed by atoms with Gasteiger partial charge in [-0.15, -0.1) is 0 Å². The summed E-state index contributed by atoms with van der Waals surface area (Å²) in [6.07, 6.45) is 2.10. The van der Waals surface area contributed by atoms with Crippen LogP contribution in [-0.4, -0.2) is 46.7 Å². The molecule has 31 heavy (non-hydrogen) atoms. The lowest BCUT2D eigenvalue weighted by Crippen LogP contribution is -2.31. The molecule has 2 aromatic carbocycles. The number of amides is 1. The van der Waals surface area contributed by atoms with Gasteiger partial charge in [-0.25, -0.2) is 8.42 Å². The molecule has 1 amide bonds. The molecule has 2 aliphatic rings. The van der Waals surface area contributed by atoms with Crippen LogP contribution in [-0.2, 0) is 19.6 Å². The lowest BCUT2D eigenvalue weighted by atomic mass is 10.1. The summed E-state index contributed by atoms with van der Waals surface area (Å²) in [5.41, 5.74) is 0.167. The zero-order valence-electron chi connectivity index (χ0n) is 16.6. The van der Waals surface area contributed by atoms with Gasteiger partial charge in [0.15, 0.2) is 11.5 Å². The minimum atomic E-state index is -4.00. The number of carbonyl (C=O) groups excluding carboxylic acids is 2. The van der Waals surface area contributed by atoms with Crippen molar-refractivity contribution in [1.29, 1.82) is 0 Å². The standard InChI is InChI=1S/C21H22N2O7S/c24-20(30-13-14-5-6-14)12-22-21(25)16-3-1-2-4-17(16)23-31(26,27)15-7-8-18-19(11-15)29-10-9-28-18/h1-4,7-8,11,14,23H,5-6,9-10,12-13H2,(H,22,25). The second kappa shape index (κ2) is 8.84. The number of hydrogen-bond acceptors (Lipinski definition) is 7. The summed E-state index contributed by atoms with van der Waals surface area (Å²) < 4.78 is 44.1. The van der Waals surface area contributed by atoms with Crippen molar-refractivity contribution in [2.75, 3.05) is 31.1 Å². The molecule has 1 fully saturated rings. The fourth-order valence-electron chi connectivity index (χ4n) is 2.96. The van der Waals surface area contributed by atoms with Crippen molar-refractivity contribution in [2.24, 2.45) is 5.92 Å². The predicted octanol–water partition coefficient (Wildman–Crippen LogP) is 1.94. The molecule has 1 aliphatic carbocycles. The van der Waals surface area contributed by atoms with Crippen molar-refractivity contribution < 1.29 is 32.2 Å². The van der Waals surface area contributed by atoms with Gasteiger partial charge in [-0.2, -0.15) is 0 Å². The Hall–Kier alpha value is -3.27. The maximum atomic E-state index is 12.9. The Kier molecular flexibility index (Phi) is 5.99. The number of nitrogens with one attached hydrogen (secondary N) is 2. The number of hydrogen-bond donors (Lipinski definition) is 2. The van der Waals surface area contributed by atoms with Crippen LogP contribution in [0.5, 0.6) is 11.5 Å². The van der Waals surface area contributed by atoms with Crippen LogP contribution in [0.25, 0.3) is 0 Å². The zero-order valence-corrected chi connectivity index (χ0v) is 17.4. The summed E-state index contributed by atoms with van der Waals surface area (Å²) in [7, 11) is -4.00. The Morgan fingerprint density at radius 2 is 1.77 bits per heavy atom. The predicted molar refractivity (Wildman–Crippen MR) is 111 cm³/mol. The quantitative estimate of drug-likeness (QED) is 0.595. The fraction of sp³-hybridized carbons (Fsp3) is 0.333. The Balaban J connectivity index is 1.44. The zero-order chi connectivity index (χ0) is 21.8. The third-order valence-electron chi connectivity index (χ3n) is 4.81. The van der Waals surface area contributed by atoms with Crippen molar-refractivity contribution >= 4 is 27.6 Å². The van der Waals surface area contributed by atoms with Gasteiger partial charge in [0.05, 0.1) is 22.8 Å². The maximum Gasteiger partial charge on any atom is 0.325 e. The third-order valence-corrected chi connectivity index (χ3v) is 6.17. The summed E-state index contributed by atoms with van der Waals surface area (Å²) in [6, 6.07) is 10.4. The van der Waals surface area contributed by atoms with Gasteiger partial charge in [0, 0.05) is 6.07 Å². The molecule has 1 heterocycles. The van der Waals surface area contributed by atoms with Crippen LogP contribution >= 0.6 is 0 Å². The number of benzene rings is 2. The van der Waals surface area contributed by atoms with E-state index < -0.39 is 21.9 Å². The smallest absolute Gasteiger partial charge is 0.325 e. The number of sulfonamides is 1. The van der Waals surface area contributed by atoms with Crippen LogP contribution < -0.4 is 19.5 Å². The highest BCUT2D eigenvalue weighted by Gasteiger charge is 2.24. The molecule has 0 bridgehead atoms. The molecule has 0 saturated heterocycles. The van der Waals surface area contributed by atoms with E-state index in [1.54, 1.807) is 12.1 Å². The molecule has 2 aromatic rings. The molecule has 0 unspecified atom stereocenters. The molecule has 2 N–H and O–H groups in total. The summed E-state index contributed by atoms with van der Waals surface area (Å²) in [4.78, 5) is 24.3. The van der Waals surface area contributed by atoms with Crippen LogP contribution in [0.4, 0.5) is 5.69 Å². The van der Waals surface area contributed by atoms with Gasteiger partial charge in [0.1, 0.15) is 19.8 Å². The van der Waals surface area contributed by atoms with Crippen LogP contribution in [0.3, 0.4) is 0 Å². The van der Waals surface area contributed by atoms with Gasteiger partial charge in [-0.1, -0.05) is 12.1 Å².